The Kier molecular flexibility index (Phi) is 11.8. The summed E-state index contributed by atoms with van der Waals surface area (Å²) in [6.45, 7) is 16.4. The quantitative estimate of drug-likeness (QED) is 0.501. The molecule has 0 aliphatic heterocycles. The molecule has 0 N–H and O–H groups in total. The van der Waals surface area contributed by atoms with Crippen LogP contribution >= 0.6 is 15.9 Å². The molecule has 0 atom stereocenters. The van der Waals surface area contributed by atoms with Crippen LogP contribution < -0.4 is 0 Å². The number of rotatable bonds is 3. The zero-order valence-electron chi connectivity index (χ0n) is 16.9. The molecule has 0 bridgehead atoms. The molecule has 0 radical (unpaired) electrons. The van der Waals surface area contributed by atoms with Gasteiger partial charge in [-0.15, -0.1) is 10.2 Å². The molecule has 25 heavy (non-hydrogen) atoms. The summed E-state index contributed by atoms with van der Waals surface area (Å²) in [6.07, 6.45) is 5.44. The van der Waals surface area contributed by atoms with Gasteiger partial charge in [-0.1, -0.05) is 74.3 Å². The maximum atomic E-state index is 4.34. The van der Waals surface area contributed by atoms with Crippen LogP contribution in [-0.2, 0) is 0 Å². The summed E-state index contributed by atoms with van der Waals surface area (Å²) in [7, 11) is 0. The first-order valence-electron chi connectivity index (χ1n) is 8.97. The van der Waals surface area contributed by atoms with Crippen molar-refractivity contribution in [3.8, 4) is 11.4 Å². The third-order valence-corrected chi connectivity index (χ3v) is 3.75. The second-order valence-corrected chi connectivity index (χ2v) is 6.18. The van der Waals surface area contributed by atoms with E-state index < -0.39 is 0 Å². The minimum atomic E-state index is 0.859. The van der Waals surface area contributed by atoms with Gasteiger partial charge in [0, 0.05) is 15.7 Å². The van der Waals surface area contributed by atoms with E-state index in [0.29, 0.717) is 0 Å². The molecule has 0 spiro atoms. The first kappa shape index (κ1) is 23.3. The van der Waals surface area contributed by atoms with Crippen LogP contribution in [-0.4, -0.2) is 14.8 Å². The number of hydrogen-bond donors (Lipinski definition) is 0. The van der Waals surface area contributed by atoms with Crippen molar-refractivity contribution in [3.63, 3.8) is 0 Å². The molecule has 1 aromatic heterocycles. The monoisotopic (exact) mass is 405 g/mol. The zero-order chi connectivity index (χ0) is 19.4. The highest BCUT2D eigenvalue weighted by Crippen LogP contribution is 2.27. The summed E-state index contributed by atoms with van der Waals surface area (Å²) in [6, 6.07) is 8.11. The topological polar surface area (TPSA) is 30.7 Å². The van der Waals surface area contributed by atoms with E-state index in [9.17, 15) is 0 Å². The van der Waals surface area contributed by atoms with Crippen LogP contribution in [0.5, 0.6) is 0 Å². The first-order valence-corrected chi connectivity index (χ1v) is 9.77. The lowest BCUT2D eigenvalue weighted by Crippen LogP contribution is -2.03. The van der Waals surface area contributed by atoms with Crippen LogP contribution in [0.4, 0.5) is 0 Å². The summed E-state index contributed by atoms with van der Waals surface area (Å²) in [5, 5.41) is 8.57. The minimum Gasteiger partial charge on any atom is -0.279 e. The van der Waals surface area contributed by atoms with Gasteiger partial charge in [-0.2, -0.15) is 0 Å². The average molecular weight is 406 g/mol. The van der Waals surface area contributed by atoms with Crippen LogP contribution in [0.15, 0.2) is 46.5 Å². The van der Waals surface area contributed by atoms with Gasteiger partial charge in [0.25, 0.3) is 0 Å². The van der Waals surface area contributed by atoms with Gasteiger partial charge < -0.3 is 0 Å². The van der Waals surface area contributed by atoms with Crippen molar-refractivity contribution in [1.29, 1.82) is 0 Å². The molecule has 0 aliphatic carbocycles. The first-order chi connectivity index (χ1) is 12.0. The molecular weight excluding hydrogens is 374 g/mol. The van der Waals surface area contributed by atoms with E-state index in [1.807, 2.05) is 52.8 Å². The van der Waals surface area contributed by atoms with Gasteiger partial charge in [-0.05, 0) is 45.4 Å². The number of hydrogen-bond acceptors (Lipinski definition) is 2. The predicted molar refractivity (Wildman–Crippen MR) is 115 cm³/mol. The molecule has 4 heteroatoms. The molecule has 3 nitrogen and oxygen atoms in total. The smallest absolute Gasteiger partial charge is 0.168 e. The Bertz CT molecular complexity index is 697. The Balaban J connectivity index is 0.00000104. The number of nitrogens with zero attached hydrogens (tertiary/aromatic N) is 3. The Labute approximate surface area is 162 Å². The number of allylic oxidation sites excluding steroid dienone is 4. The minimum absolute atomic E-state index is 0.859. The molecule has 138 valence electrons. The summed E-state index contributed by atoms with van der Waals surface area (Å²) in [5.41, 5.74) is 3.36. The van der Waals surface area contributed by atoms with E-state index in [1.165, 1.54) is 12.0 Å². The maximum absolute atomic E-state index is 4.34. The van der Waals surface area contributed by atoms with Gasteiger partial charge in [0.2, 0.25) is 0 Å². The number of benzene rings is 1. The van der Waals surface area contributed by atoms with Gasteiger partial charge in [-0.25, -0.2) is 0 Å². The van der Waals surface area contributed by atoms with E-state index in [0.717, 1.165) is 27.4 Å². The van der Waals surface area contributed by atoms with Crippen LogP contribution in [0.3, 0.4) is 0 Å². The molecule has 0 aliphatic rings. The maximum Gasteiger partial charge on any atom is 0.168 e. The SMILES string of the molecule is C/C=C(C)\C(=C/C)n1c(C)nnc1-c1cccc(Br)c1.CC.CCC. The van der Waals surface area contributed by atoms with E-state index in [2.05, 4.69) is 69.7 Å². The van der Waals surface area contributed by atoms with E-state index >= 15 is 0 Å². The highest BCUT2D eigenvalue weighted by atomic mass is 79.9. The largest absolute Gasteiger partial charge is 0.279 e. The third-order valence-electron chi connectivity index (χ3n) is 3.26. The van der Waals surface area contributed by atoms with Crippen molar-refractivity contribution in [1.82, 2.24) is 14.8 Å². The molecule has 1 heterocycles. The van der Waals surface area contributed by atoms with E-state index in [4.69, 9.17) is 0 Å². The van der Waals surface area contributed by atoms with Gasteiger partial charge in [0.1, 0.15) is 5.82 Å². The van der Waals surface area contributed by atoms with Gasteiger partial charge in [0.15, 0.2) is 5.82 Å². The Morgan fingerprint density at radius 2 is 1.72 bits per heavy atom. The fourth-order valence-electron chi connectivity index (χ4n) is 2.15. The molecule has 2 aromatic rings. The fourth-order valence-corrected chi connectivity index (χ4v) is 2.55. The van der Waals surface area contributed by atoms with Crippen LogP contribution in [0, 0.1) is 6.92 Å². The Hall–Kier alpha value is -1.68. The highest BCUT2D eigenvalue weighted by Gasteiger charge is 2.15. The van der Waals surface area contributed by atoms with Crippen molar-refractivity contribution < 1.29 is 0 Å². The average Bonchev–Trinajstić information content (AvgIpc) is 2.99. The van der Waals surface area contributed by atoms with Gasteiger partial charge in [0.05, 0.1) is 0 Å². The Morgan fingerprint density at radius 1 is 1.12 bits per heavy atom. The van der Waals surface area contributed by atoms with Crippen molar-refractivity contribution in [3.05, 3.63) is 52.3 Å². The summed E-state index contributed by atoms with van der Waals surface area (Å²) >= 11 is 3.50. The highest BCUT2D eigenvalue weighted by molar-refractivity contribution is 9.10. The van der Waals surface area contributed by atoms with E-state index in [-0.39, 0.29) is 0 Å². The summed E-state index contributed by atoms with van der Waals surface area (Å²) in [5.74, 6) is 1.74. The molecule has 1 aromatic carbocycles. The fraction of sp³-hybridized carbons (Fsp3) is 0.429. The lowest BCUT2D eigenvalue weighted by Gasteiger charge is -2.13. The van der Waals surface area contributed by atoms with Crippen molar-refractivity contribution in [2.75, 3.05) is 0 Å². The van der Waals surface area contributed by atoms with E-state index in [1.54, 1.807) is 0 Å². The number of aromatic nitrogens is 3. The van der Waals surface area contributed by atoms with Crippen LogP contribution in [0.1, 0.15) is 60.7 Å². The van der Waals surface area contributed by atoms with Gasteiger partial charge >= 0.3 is 0 Å². The van der Waals surface area contributed by atoms with Crippen LogP contribution in [0.2, 0.25) is 0 Å². The number of halogens is 1. The molecule has 0 amide bonds. The summed E-state index contributed by atoms with van der Waals surface area (Å²) in [4.78, 5) is 0. The van der Waals surface area contributed by atoms with Crippen molar-refractivity contribution in [2.24, 2.45) is 0 Å². The third kappa shape index (κ3) is 6.62. The lowest BCUT2D eigenvalue weighted by atomic mass is 10.1. The molecule has 2 rings (SSSR count). The second-order valence-electron chi connectivity index (χ2n) is 5.27. The van der Waals surface area contributed by atoms with Crippen molar-refractivity contribution in [2.45, 2.75) is 61.8 Å². The Morgan fingerprint density at radius 3 is 2.20 bits per heavy atom. The van der Waals surface area contributed by atoms with Gasteiger partial charge in [-0.3, -0.25) is 4.57 Å². The molecule has 0 saturated heterocycles. The molecule has 0 unspecified atom stereocenters. The molecule has 0 saturated carbocycles. The predicted octanol–water partition coefficient (Wildman–Crippen LogP) is 7.29. The van der Waals surface area contributed by atoms with Crippen LogP contribution in [0.25, 0.3) is 17.1 Å². The second kappa shape index (κ2) is 12.6. The van der Waals surface area contributed by atoms with Crippen molar-refractivity contribution >= 4 is 21.6 Å². The normalized spacial score (nSPS) is 11.2. The number of aryl methyl sites for hydroxylation is 1. The molecule has 0 fully saturated rings. The standard InChI is InChI=1S/C16H18BrN3.C3H8.C2H6/c1-5-11(3)15(6-2)20-12(4)18-19-16(20)13-8-7-9-14(17)10-13;1-3-2;1-2/h5-10H,1-4H3;3H2,1-2H3;1-2H3/b11-5-,15-6+;;. The lowest BCUT2D eigenvalue weighted by molar-refractivity contribution is 0.983. The summed E-state index contributed by atoms with van der Waals surface area (Å²) < 4.78 is 3.13. The zero-order valence-corrected chi connectivity index (χ0v) is 18.5. The molecular formula is C21H32BrN3.